The van der Waals surface area contributed by atoms with Crippen LogP contribution in [0.2, 0.25) is 0 Å². The normalized spacial score (nSPS) is 14.4. The van der Waals surface area contributed by atoms with E-state index in [0.29, 0.717) is 19.8 Å². The largest absolute Gasteiger partial charge is 0.490 e. The van der Waals surface area contributed by atoms with Crippen LogP contribution in [0, 0.1) is 0 Å². The summed E-state index contributed by atoms with van der Waals surface area (Å²) in [5.74, 6) is 1.56. The summed E-state index contributed by atoms with van der Waals surface area (Å²) in [6.45, 7) is 8.09. The molecule has 0 saturated carbocycles. The van der Waals surface area contributed by atoms with Crippen molar-refractivity contribution in [1.29, 1.82) is 0 Å². The molecule has 1 aliphatic heterocycles. The highest BCUT2D eigenvalue weighted by molar-refractivity contribution is 5.78. The second kappa shape index (κ2) is 6.80. The fourth-order valence-corrected chi connectivity index (χ4v) is 2.17. The predicted molar refractivity (Wildman–Crippen MR) is 81.7 cm³/mol. The number of ether oxygens (including phenoxy) is 2. The van der Waals surface area contributed by atoms with E-state index in [1.165, 1.54) is 0 Å². The lowest BCUT2D eigenvalue weighted by Crippen LogP contribution is -2.44. The van der Waals surface area contributed by atoms with E-state index in [4.69, 9.17) is 9.47 Å². The van der Waals surface area contributed by atoms with Crippen LogP contribution in [-0.2, 0) is 11.3 Å². The van der Waals surface area contributed by atoms with Crippen molar-refractivity contribution < 1.29 is 14.3 Å². The van der Waals surface area contributed by atoms with Gasteiger partial charge in [-0.3, -0.25) is 4.79 Å². The quantitative estimate of drug-likeness (QED) is 0.889. The lowest BCUT2D eigenvalue weighted by atomic mass is 10.1. The fourth-order valence-electron chi connectivity index (χ4n) is 2.17. The van der Waals surface area contributed by atoms with Gasteiger partial charge in [0.2, 0.25) is 5.91 Å². The average molecular weight is 292 g/mol. The molecule has 1 aromatic carbocycles. The molecule has 0 radical (unpaired) electrons. The molecule has 0 fully saturated rings. The van der Waals surface area contributed by atoms with Crippen molar-refractivity contribution in [2.45, 2.75) is 39.3 Å². The van der Waals surface area contributed by atoms with Crippen LogP contribution in [0.4, 0.5) is 0 Å². The van der Waals surface area contributed by atoms with Gasteiger partial charge in [-0.15, -0.1) is 0 Å². The maximum absolute atomic E-state index is 11.8. The fraction of sp³-hybridized carbons (Fsp3) is 0.562. The molecule has 0 saturated heterocycles. The number of rotatable bonds is 4. The molecule has 0 atom stereocenters. The Hall–Kier alpha value is -1.75. The number of hydrogen-bond acceptors (Lipinski definition) is 4. The van der Waals surface area contributed by atoms with Gasteiger partial charge in [0.15, 0.2) is 11.5 Å². The molecule has 1 aliphatic rings. The minimum Gasteiger partial charge on any atom is -0.490 e. The van der Waals surface area contributed by atoms with E-state index < -0.39 is 0 Å². The minimum absolute atomic E-state index is 0.0123. The van der Waals surface area contributed by atoms with Gasteiger partial charge in [-0.1, -0.05) is 12.1 Å². The number of carbonyl (C=O) groups is 1. The maximum Gasteiger partial charge on any atom is 0.234 e. The predicted octanol–water partition coefficient (Wildman–Crippen LogP) is 1.85. The highest BCUT2D eigenvalue weighted by Gasteiger charge is 2.16. The Morgan fingerprint density at radius 1 is 1.24 bits per heavy atom. The Kier molecular flexibility index (Phi) is 5.07. The summed E-state index contributed by atoms with van der Waals surface area (Å²) < 4.78 is 11.4. The van der Waals surface area contributed by atoms with E-state index in [2.05, 4.69) is 10.6 Å². The maximum atomic E-state index is 11.8. The number of para-hydroxylation sites is 1. The van der Waals surface area contributed by atoms with Crippen LogP contribution in [0.1, 0.15) is 32.8 Å². The lowest BCUT2D eigenvalue weighted by Gasteiger charge is -2.20. The molecule has 2 rings (SSSR count). The lowest BCUT2D eigenvalue weighted by molar-refractivity contribution is -0.121. The van der Waals surface area contributed by atoms with Gasteiger partial charge < -0.3 is 20.1 Å². The molecular weight excluding hydrogens is 268 g/mol. The molecule has 1 aromatic rings. The Morgan fingerprint density at radius 3 is 2.76 bits per heavy atom. The minimum atomic E-state index is -0.209. The SMILES string of the molecule is CC(C)(C)NC(=O)CNCc1cccc2c1OCCCO2. The molecule has 5 nitrogen and oxygen atoms in total. The second-order valence-corrected chi connectivity index (χ2v) is 6.20. The first-order valence-electron chi connectivity index (χ1n) is 7.35. The molecule has 0 unspecified atom stereocenters. The van der Waals surface area contributed by atoms with Gasteiger partial charge in [0.25, 0.3) is 0 Å². The van der Waals surface area contributed by atoms with Crippen LogP contribution in [0.5, 0.6) is 11.5 Å². The van der Waals surface area contributed by atoms with E-state index in [9.17, 15) is 4.79 Å². The molecule has 0 spiro atoms. The van der Waals surface area contributed by atoms with Crippen molar-refractivity contribution in [2.75, 3.05) is 19.8 Å². The van der Waals surface area contributed by atoms with Crippen LogP contribution in [-0.4, -0.2) is 31.2 Å². The van der Waals surface area contributed by atoms with Crippen LogP contribution < -0.4 is 20.1 Å². The molecule has 2 N–H and O–H groups in total. The summed E-state index contributed by atoms with van der Waals surface area (Å²) in [6.07, 6.45) is 0.884. The van der Waals surface area contributed by atoms with Crippen LogP contribution in [0.15, 0.2) is 18.2 Å². The highest BCUT2D eigenvalue weighted by Crippen LogP contribution is 2.32. The second-order valence-electron chi connectivity index (χ2n) is 6.20. The van der Waals surface area contributed by atoms with E-state index in [0.717, 1.165) is 23.5 Å². The summed E-state index contributed by atoms with van der Waals surface area (Å²) in [6, 6.07) is 5.85. The number of fused-ring (bicyclic) bond motifs is 1. The molecule has 1 heterocycles. The molecule has 116 valence electrons. The van der Waals surface area contributed by atoms with Crippen LogP contribution >= 0.6 is 0 Å². The van der Waals surface area contributed by atoms with E-state index in [1.54, 1.807) is 0 Å². The topological polar surface area (TPSA) is 59.6 Å². The summed E-state index contributed by atoms with van der Waals surface area (Å²) >= 11 is 0. The molecule has 0 bridgehead atoms. The standard InChI is InChI=1S/C16H24N2O3/c1-16(2,3)18-14(19)11-17-10-12-6-4-7-13-15(12)21-9-5-8-20-13/h4,6-7,17H,5,8-11H2,1-3H3,(H,18,19). The van der Waals surface area contributed by atoms with Crippen LogP contribution in [0.3, 0.4) is 0 Å². The smallest absolute Gasteiger partial charge is 0.234 e. The van der Waals surface area contributed by atoms with Crippen molar-refractivity contribution in [2.24, 2.45) is 0 Å². The highest BCUT2D eigenvalue weighted by atomic mass is 16.5. The van der Waals surface area contributed by atoms with Crippen molar-refractivity contribution >= 4 is 5.91 Å². The molecule has 21 heavy (non-hydrogen) atoms. The zero-order valence-corrected chi connectivity index (χ0v) is 13.0. The van der Waals surface area contributed by atoms with Gasteiger partial charge in [-0.2, -0.15) is 0 Å². The number of hydrogen-bond donors (Lipinski definition) is 2. The van der Waals surface area contributed by atoms with E-state index in [1.807, 2.05) is 39.0 Å². The first-order chi connectivity index (χ1) is 9.96. The molecular formula is C16H24N2O3. The van der Waals surface area contributed by atoms with Crippen molar-refractivity contribution in [1.82, 2.24) is 10.6 Å². The third-order valence-electron chi connectivity index (χ3n) is 2.97. The Labute approximate surface area is 126 Å². The van der Waals surface area contributed by atoms with Crippen molar-refractivity contribution in [3.8, 4) is 11.5 Å². The van der Waals surface area contributed by atoms with Gasteiger partial charge >= 0.3 is 0 Å². The zero-order valence-electron chi connectivity index (χ0n) is 13.0. The first-order valence-corrected chi connectivity index (χ1v) is 7.35. The number of carbonyl (C=O) groups excluding carboxylic acids is 1. The summed E-state index contributed by atoms with van der Waals surface area (Å²) in [7, 11) is 0. The van der Waals surface area contributed by atoms with Gasteiger partial charge in [0.05, 0.1) is 19.8 Å². The molecule has 5 heteroatoms. The third-order valence-corrected chi connectivity index (χ3v) is 2.97. The molecule has 0 aliphatic carbocycles. The number of nitrogens with one attached hydrogen (secondary N) is 2. The monoisotopic (exact) mass is 292 g/mol. The number of amides is 1. The summed E-state index contributed by atoms with van der Waals surface area (Å²) in [5.41, 5.74) is 0.803. The Morgan fingerprint density at radius 2 is 2.00 bits per heavy atom. The Bertz CT molecular complexity index is 495. The van der Waals surface area contributed by atoms with Gasteiger partial charge in [0.1, 0.15) is 0 Å². The average Bonchev–Trinajstić information content (AvgIpc) is 2.62. The number of benzene rings is 1. The van der Waals surface area contributed by atoms with Gasteiger partial charge in [0, 0.05) is 24.1 Å². The van der Waals surface area contributed by atoms with Crippen LogP contribution in [0.25, 0.3) is 0 Å². The summed E-state index contributed by atoms with van der Waals surface area (Å²) in [5, 5.41) is 6.07. The van der Waals surface area contributed by atoms with E-state index in [-0.39, 0.29) is 18.0 Å². The molecule has 0 aromatic heterocycles. The Balaban J connectivity index is 1.90. The molecule has 1 amide bonds. The first kappa shape index (κ1) is 15.6. The van der Waals surface area contributed by atoms with Crippen molar-refractivity contribution in [3.63, 3.8) is 0 Å². The van der Waals surface area contributed by atoms with Gasteiger partial charge in [-0.05, 0) is 26.8 Å². The van der Waals surface area contributed by atoms with E-state index >= 15 is 0 Å². The summed E-state index contributed by atoms with van der Waals surface area (Å²) in [4.78, 5) is 11.8. The van der Waals surface area contributed by atoms with Crippen molar-refractivity contribution in [3.05, 3.63) is 23.8 Å². The zero-order chi connectivity index (χ0) is 15.3. The third kappa shape index (κ3) is 4.93. The van der Waals surface area contributed by atoms with Gasteiger partial charge in [-0.25, -0.2) is 0 Å².